The van der Waals surface area contributed by atoms with Gasteiger partial charge < -0.3 is 15.8 Å². The van der Waals surface area contributed by atoms with Crippen LogP contribution in [0.5, 0.6) is 5.88 Å². The van der Waals surface area contributed by atoms with Crippen molar-refractivity contribution < 1.29 is 9.53 Å². The molecule has 3 rings (SSSR count). The summed E-state index contributed by atoms with van der Waals surface area (Å²) in [4.78, 5) is 21.4. The zero-order valence-corrected chi connectivity index (χ0v) is 11.7. The summed E-state index contributed by atoms with van der Waals surface area (Å²) in [5, 5.41) is 3.35. The van der Waals surface area contributed by atoms with E-state index in [0.717, 1.165) is 16.1 Å². The number of methoxy groups -OCH3 is 1. The molecule has 3 N–H and O–H groups in total. The highest BCUT2D eigenvalue weighted by molar-refractivity contribution is 7.15. The predicted octanol–water partition coefficient (Wildman–Crippen LogP) is 1.28. The molecule has 0 radical (unpaired) electrons. The smallest absolute Gasteiger partial charge is 0.221 e. The molecule has 3 heterocycles. The van der Waals surface area contributed by atoms with Crippen molar-refractivity contribution in [2.24, 2.45) is 0 Å². The first kappa shape index (κ1) is 12.9. The highest BCUT2D eigenvalue weighted by Crippen LogP contribution is 2.39. The number of rotatable bonds is 2. The van der Waals surface area contributed by atoms with E-state index in [1.807, 2.05) is 12.1 Å². The second kappa shape index (κ2) is 5.09. The van der Waals surface area contributed by atoms with E-state index in [-0.39, 0.29) is 11.8 Å². The van der Waals surface area contributed by atoms with Crippen molar-refractivity contribution in [1.82, 2.24) is 15.3 Å². The molecule has 2 aromatic rings. The molecule has 7 heteroatoms. The van der Waals surface area contributed by atoms with Crippen LogP contribution in [0.25, 0.3) is 0 Å². The number of fused-ring (bicyclic) bond motifs is 1. The zero-order valence-electron chi connectivity index (χ0n) is 10.9. The Hall–Kier alpha value is -2.15. The number of carbonyl (C=O) groups is 1. The molecule has 1 amide bonds. The molecular weight excluding hydrogens is 276 g/mol. The minimum Gasteiger partial charge on any atom is -0.481 e. The number of amides is 1. The molecule has 1 aliphatic rings. The van der Waals surface area contributed by atoms with Gasteiger partial charge in [-0.05, 0) is 6.07 Å². The second-order valence-electron chi connectivity index (χ2n) is 4.50. The van der Waals surface area contributed by atoms with Crippen LogP contribution in [-0.4, -0.2) is 23.0 Å². The largest absolute Gasteiger partial charge is 0.481 e. The fraction of sp³-hybridized carbons (Fsp3) is 0.308. The molecule has 0 aromatic carbocycles. The lowest BCUT2D eigenvalue weighted by Gasteiger charge is -2.15. The average molecular weight is 290 g/mol. The van der Waals surface area contributed by atoms with Crippen LogP contribution in [0.2, 0.25) is 0 Å². The molecule has 0 spiro atoms. The van der Waals surface area contributed by atoms with Crippen LogP contribution in [0.15, 0.2) is 18.3 Å². The third-order valence-electron chi connectivity index (χ3n) is 3.27. The van der Waals surface area contributed by atoms with E-state index < -0.39 is 0 Å². The minimum absolute atomic E-state index is 0.00956. The number of thiazole rings is 1. The number of nitrogen functional groups attached to an aromatic ring is 1. The zero-order chi connectivity index (χ0) is 14.1. The lowest BCUT2D eigenvalue weighted by atomic mass is 9.94. The Balaban J connectivity index is 2.12. The van der Waals surface area contributed by atoms with Crippen LogP contribution in [0.3, 0.4) is 0 Å². The Morgan fingerprint density at radius 3 is 3.20 bits per heavy atom. The fourth-order valence-electron chi connectivity index (χ4n) is 2.40. The van der Waals surface area contributed by atoms with Gasteiger partial charge >= 0.3 is 0 Å². The average Bonchev–Trinajstić information content (AvgIpc) is 2.76. The molecule has 1 aliphatic heterocycles. The van der Waals surface area contributed by atoms with Crippen molar-refractivity contribution in [3.05, 3.63) is 34.5 Å². The van der Waals surface area contributed by atoms with E-state index in [4.69, 9.17) is 10.5 Å². The van der Waals surface area contributed by atoms with Crippen molar-refractivity contribution in [2.45, 2.75) is 18.9 Å². The Bertz CT molecular complexity index is 656. The lowest BCUT2D eigenvalue weighted by Crippen LogP contribution is -2.21. The van der Waals surface area contributed by atoms with E-state index in [0.29, 0.717) is 24.0 Å². The van der Waals surface area contributed by atoms with Gasteiger partial charge in [0.15, 0.2) is 5.13 Å². The number of hydrogen-bond donors (Lipinski definition) is 2. The van der Waals surface area contributed by atoms with Crippen LogP contribution in [0.4, 0.5) is 5.13 Å². The Morgan fingerprint density at radius 2 is 2.40 bits per heavy atom. The van der Waals surface area contributed by atoms with Gasteiger partial charge in [0.05, 0.1) is 19.3 Å². The van der Waals surface area contributed by atoms with Gasteiger partial charge in [-0.15, -0.1) is 11.3 Å². The van der Waals surface area contributed by atoms with Crippen molar-refractivity contribution >= 4 is 22.4 Å². The summed E-state index contributed by atoms with van der Waals surface area (Å²) in [7, 11) is 1.57. The summed E-state index contributed by atoms with van der Waals surface area (Å²) in [6.07, 6.45) is 2.01. The number of carbonyl (C=O) groups excluding carboxylic acids is 1. The molecule has 0 saturated heterocycles. The van der Waals surface area contributed by atoms with E-state index in [9.17, 15) is 4.79 Å². The summed E-state index contributed by atoms with van der Waals surface area (Å²) in [5.74, 6) is 0.403. The van der Waals surface area contributed by atoms with Gasteiger partial charge in [0.2, 0.25) is 11.8 Å². The number of ether oxygens (including phenoxy) is 1. The summed E-state index contributed by atoms with van der Waals surface area (Å²) in [6.45, 7) is 0.418. The van der Waals surface area contributed by atoms with Gasteiger partial charge in [-0.2, -0.15) is 0 Å². The van der Waals surface area contributed by atoms with Crippen LogP contribution in [0.1, 0.15) is 28.5 Å². The van der Waals surface area contributed by atoms with Crippen molar-refractivity contribution in [3.63, 3.8) is 0 Å². The monoisotopic (exact) mass is 290 g/mol. The third kappa shape index (κ3) is 2.20. The maximum atomic E-state index is 11.9. The number of anilines is 1. The number of nitrogens with one attached hydrogen (secondary N) is 1. The Kier molecular flexibility index (Phi) is 3.27. The molecule has 1 atom stereocenters. The normalized spacial score (nSPS) is 18.1. The maximum absolute atomic E-state index is 11.9. The molecular formula is C13H14N4O2S. The summed E-state index contributed by atoms with van der Waals surface area (Å²) < 4.78 is 5.31. The van der Waals surface area contributed by atoms with Crippen molar-refractivity contribution in [3.8, 4) is 5.88 Å². The van der Waals surface area contributed by atoms with Crippen LogP contribution < -0.4 is 15.8 Å². The molecule has 20 heavy (non-hydrogen) atoms. The Morgan fingerprint density at radius 1 is 1.55 bits per heavy atom. The summed E-state index contributed by atoms with van der Waals surface area (Å²) in [6, 6.07) is 3.76. The van der Waals surface area contributed by atoms with E-state index in [2.05, 4.69) is 15.3 Å². The number of hydrogen-bond acceptors (Lipinski definition) is 6. The standard InChI is InChI=1S/C13H14N4O2S/c1-19-12-7(3-2-4-15-12)8-5-10(18)16-6-9-11(8)20-13(14)17-9/h2-4,8H,5-6H2,1H3,(H2,14,17)(H,16,18)/t8-/m0/s1. The summed E-state index contributed by atoms with van der Waals surface area (Å²) >= 11 is 1.42. The lowest BCUT2D eigenvalue weighted by molar-refractivity contribution is -0.121. The minimum atomic E-state index is -0.119. The summed E-state index contributed by atoms with van der Waals surface area (Å²) in [5.41, 5.74) is 7.52. The van der Waals surface area contributed by atoms with E-state index in [1.165, 1.54) is 11.3 Å². The molecule has 6 nitrogen and oxygen atoms in total. The first-order chi connectivity index (χ1) is 9.69. The van der Waals surface area contributed by atoms with Crippen molar-refractivity contribution in [2.75, 3.05) is 12.8 Å². The van der Waals surface area contributed by atoms with Gasteiger partial charge in [-0.3, -0.25) is 4.79 Å². The third-order valence-corrected chi connectivity index (χ3v) is 4.31. The van der Waals surface area contributed by atoms with Crippen LogP contribution in [-0.2, 0) is 11.3 Å². The first-order valence-corrected chi connectivity index (χ1v) is 7.01. The highest BCUT2D eigenvalue weighted by Gasteiger charge is 2.29. The van der Waals surface area contributed by atoms with Gasteiger partial charge in [0.1, 0.15) is 0 Å². The van der Waals surface area contributed by atoms with Crippen LogP contribution >= 0.6 is 11.3 Å². The molecule has 2 aromatic heterocycles. The fourth-order valence-corrected chi connectivity index (χ4v) is 3.37. The van der Waals surface area contributed by atoms with Gasteiger partial charge in [-0.1, -0.05) is 6.07 Å². The van der Waals surface area contributed by atoms with Gasteiger partial charge in [-0.25, -0.2) is 9.97 Å². The molecule has 0 aliphatic carbocycles. The topological polar surface area (TPSA) is 90.1 Å². The predicted molar refractivity (Wildman–Crippen MR) is 75.6 cm³/mol. The molecule has 0 saturated carbocycles. The number of nitrogens with zero attached hydrogens (tertiary/aromatic N) is 2. The highest BCUT2D eigenvalue weighted by atomic mass is 32.1. The second-order valence-corrected chi connectivity index (χ2v) is 5.56. The first-order valence-electron chi connectivity index (χ1n) is 6.19. The van der Waals surface area contributed by atoms with E-state index >= 15 is 0 Å². The van der Waals surface area contributed by atoms with Crippen LogP contribution in [0, 0.1) is 0 Å². The molecule has 104 valence electrons. The molecule has 0 fully saturated rings. The van der Waals surface area contributed by atoms with Crippen molar-refractivity contribution in [1.29, 1.82) is 0 Å². The molecule has 0 unspecified atom stereocenters. The SMILES string of the molecule is COc1ncccc1[C@@H]1CC(=O)NCc2nc(N)sc21. The maximum Gasteiger partial charge on any atom is 0.221 e. The number of pyridine rings is 1. The van der Waals surface area contributed by atoms with Gasteiger partial charge in [0.25, 0.3) is 0 Å². The Labute approximate surface area is 120 Å². The quantitative estimate of drug-likeness (QED) is 0.869. The number of aromatic nitrogens is 2. The van der Waals surface area contributed by atoms with Gasteiger partial charge in [0, 0.05) is 29.0 Å². The molecule has 0 bridgehead atoms. The number of nitrogens with two attached hydrogens (primary N) is 1. The van der Waals surface area contributed by atoms with E-state index in [1.54, 1.807) is 13.3 Å².